The topological polar surface area (TPSA) is 20.3 Å². The lowest BCUT2D eigenvalue weighted by atomic mass is 10.2. The second-order valence-corrected chi connectivity index (χ2v) is 3.66. The minimum atomic E-state index is -0.811. The fourth-order valence-corrected chi connectivity index (χ4v) is 1.93. The zero-order valence-electron chi connectivity index (χ0n) is 5.68. The highest BCUT2D eigenvalue weighted by atomic mass is 127. The summed E-state index contributed by atoms with van der Waals surface area (Å²) in [5.74, 6) is 0. The summed E-state index contributed by atoms with van der Waals surface area (Å²) in [5, 5.41) is 0. The second-order valence-electron chi connectivity index (χ2n) is 2.59. The Labute approximate surface area is 72.9 Å². The van der Waals surface area contributed by atoms with Gasteiger partial charge >= 0.3 is 0 Å². The molecule has 0 spiro atoms. The molecule has 0 radical (unpaired) electrons. The Balaban J connectivity index is 2.54. The molecule has 0 amide bonds. The zero-order chi connectivity index (χ0) is 7.72. The highest BCUT2D eigenvalue weighted by Crippen LogP contribution is 2.20. The third-order valence-electron chi connectivity index (χ3n) is 1.76. The van der Waals surface area contributed by atoms with E-state index >= 15 is 0 Å². The van der Waals surface area contributed by atoms with Crippen LogP contribution in [0, 0.1) is 0 Å². The quantitative estimate of drug-likeness (QED) is 0.515. The number of likely N-dealkylation sites (tertiary alicyclic amines) is 1. The van der Waals surface area contributed by atoms with Gasteiger partial charge in [-0.3, -0.25) is 9.69 Å². The number of hydrogen-bond acceptors (Lipinski definition) is 2. The molecule has 2 atom stereocenters. The van der Waals surface area contributed by atoms with Crippen molar-refractivity contribution in [1.29, 1.82) is 0 Å². The maximum atomic E-state index is 12.6. The molecule has 1 rings (SSSR count). The number of halogens is 2. The number of likely N-dealkylation sites (N-methyl/N-ethyl adjacent to an activating group) is 1. The lowest BCUT2D eigenvalue weighted by Crippen LogP contribution is -2.29. The third kappa shape index (κ3) is 1.66. The summed E-state index contributed by atoms with van der Waals surface area (Å²) in [7, 11) is 1.78. The van der Waals surface area contributed by atoms with Crippen LogP contribution in [0.2, 0.25) is 0 Å². The van der Waals surface area contributed by atoms with Crippen LogP contribution in [-0.4, -0.2) is 34.5 Å². The molecule has 58 valence electrons. The lowest BCUT2D eigenvalue weighted by molar-refractivity contribution is -0.112. The van der Waals surface area contributed by atoms with Gasteiger partial charge in [-0.25, -0.2) is 4.39 Å². The van der Waals surface area contributed by atoms with Crippen molar-refractivity contribution in [3.8, 4) is 0 Å². The summed E-state index contributed by atoms with van der Waals surface area (Å²) >= 11 is 1.72. The van der Waals surface area contributed by atoms with Crippen LogP contribution < -0.4 is 0 Å². The highest BCUT2D eigenvalue weighted by Gasteiger charge is 2.32. The van der Waals surface area contributed by atoms with E-state index in [1.54, 1.807) is 34.5 Å². The molecule has 1 aliphatic rings. The molecule has 10 heavy (non-hydrogen) atoms. The number of nitrogens with zero attached hydrogens (tertiary/aromatic N) is 1. The van der Waals surface area contributed by atoms with E-state index in [4.69, 9.17) is 0 Å². The predicted molar refractivity (Wildman–Crippen MR) is 45.0 cm³/mol. The highest BCUT2D eigenvalue weighted by molar-refractivity contribution is 14.1. The van der Waals surface area contributed by atoms with Gasteiger partial charge in [-0.1, -0.05) is 0 Å². The van der Waals surface area contributed by atoms with E-state index in [0.29, 0.717) is 13.0 Å². The van der Waals surface area contributed by atoms with E-state index in [9.17, 15) is 9.18 Å². The second kappa shape index (κ2) is 3.13. The van der Waals surface area contributed by atoms with E-state index in [2.05, 4.69) is 0 Å². The summed E-state index contributed by atoms with van der Waals surface area (Å²) in [5.41, 5.74) is 0. The number of rotatable bonds is 1. The van der Waals surface area contributed by atoms with Crippen LogP contribution in [0.25, 0.3) is 0 Å². The molecule has 0 bridgehead atoms. The van der Waals surface area contributed by atoms with Gasteiger partial charge in [0.2, 0.25) is 3.79 Å². The average molecular weight is 257 g/mol. The monoisotopic (exact) mass is 257 g/mol. The Morgan fingerprint density at radius 1 is 1.80 bits per heavy atom. The van der Waals surface area contributed by atoms with Crippen molar-refractivity contribution in [2.45, 2.75) is 18.6 Å². The Morgan fingerprint density at radius 3 is 2.60 bits per heavy atom. The molecule has 0 saturated carbocycles. The molecular weight excluding hydrogens is 248 g/mol. The van der Waals surface area contributed by atoms with Gasteiger partial charge in [-0.05, 0) is 7.05 Å². The van der Waals surface area contributed by atoms with Crippen LogP contribution in [0.4, 0.5) is 4.39 Å². The van der Waals surface area contributed by atoms with Gasteiger partial charge in [0.25, 0.3) is 0 Å². The summed E-state index contributed by atoms with van der Waals surface area (Å²) in [6, 6.07) is -0.185. The SMILES string of the molecule is CN1CC(F)CC1C(=O)I. The molecule has 1 saturated heterocycles. The van der Waals surface area contributed by atoms with Gasteiger partial charge in [-0.15, -0.1) is 0 Å². The number of alkyl halides is 1. The van der Waals surface area contributed by atoms with E-state index in [-0.39, 0.29) is 9.83 Å². The first kappa shape index (κ1) is 8.39. The van der Waals surface area contributed by atoms with Crippen molar-refractivity contribution in [3.63, 3.8) is 0 Å². The molecule has 1 aliphatic heterocycles. The van der Waals surface area contributed by atoms with Crippen LogP contribution in [-0.2, 0) is 4.79 Å². The third-order valence-corrected chi connectivity index (χ3v) is 2.48. The first-order valence-corrected chi connectivity index (χ1v) is 4.23. The number of carbonyl (C=O) groups excluding carboxylic acids is 1. The molecule has 1 heterocycles. The normalized spacial score (nSPS) is 34.7. The molecular formula is C6H9FINO. The summed E-state index contributed by atoms with van der Waals surface area (Å²) < 4.78 is 12.6. The molecule has 4 heteroatoms. The average Bonchev–Trinajstić information content (AvgIpc) is 2.10. The smallest absolute Gasteiger partial charge is 0.209 e. The summed E-state index contributed by atoms with van der Waals surface area (Å²) in [4.78, 5) is 12.5. The summed E-state index contributed by atoms with van der Waals surface area (Å²) in [6.45, 7) is 0.402. The number of hydrogen-bond donors (Lipinski definition) is 0. The Bertz CT molecular complexity index is 153. The largest absolute Gasteiger partial charge is 0.293 e. The lowest BCUT2D eigenvalue weighted by Gasteiger charge is -2.13. The summed E-state index contributed by atoms with van der Waals surface area (Å²) in [6.07, 6.45) is -0.438. The maximum absolute atomic E-state index is 12.6. The minimum absolute atomic E-state index is 0.0419. The fraction of sp³-hybridized carbons (Fsp3) is 0.833. The van der Waals surface area contributed by atoms with Gasteiger partial charge in [0, 0.05) is 35.6 Å². The Hall–Kier alpha value is 0.290. The molecule has 0 aromatic rings. The van der Waals surface area contributed by atoms with Crippen molar-refractivity contribution in [1.82, 2.24) is 4.90 Å². The van der Waals surface area contributed by atoms with Crippen molar-refractivity contribution in [3.05, 3.63) is 0 Å². The molecule has 2 nitrogen and oxygen atoms in total. The van der Waals surface area contributed by atoms with E-state index in [1.165, 1.54) is 0 Å². The Kier molecular flexibility index (Phi) is 2.62. The minimum Gasteiger partial charge on any atom is -0.293 e. The molecule has 2 unspecified atom stereocenters. The number of carbonyl (C=O) groups is 1. The van der Waals surface area contributed by atoms with Crippen molar-refractivity contribution in [2.75, 3.05) is 13.6 Å². The van der Waals surface area contributed by atoms with Crippen molar-refractivity contribution < 1.29 is 9.18 Å². The van der Waals surface area contributed by atoms with Crippen LogP contribution in [0.15, 0.2) is 0 Å². The van der Waals surface area contributed by atoms with Gasteiger partial charge < -0.3 is 0 Å². The van der Waals surface area contributed by atoms with Gasteiger partial charge in [0.15, 0.2) is 0 Å². The van der Waals surface area contributed by atoms with Gasteiger partial charge in [0.1, 0.15) is 6.17 Å². The van der Waals surface area contributed by atoms with E-state index in [0.717, 1.165) is 0 Å². The standard InChI is InChI=1S/C6H9FINO/c1-9-3-4(7)2-5(9)6(8)10/h4-5H,2-3H2,1H3. The van der Waals surface area contributed by atoms with Crippen molar-refractivity contribution >= 4 is 26.4 Å². The van der Waals surface area contributed by atoms with Crippen molar-refractivity contribution in [2.24, 2.45) is 0 Å². The van der Waals surface area contributed by atoms with Gasteiger partial charge in [0.05, 0.1) is 6.04 Å². The van der Waals surface area contributed by atoms with E-state index in [1.807, 2.05) is 0 Å². The first-order valence-electron chi connectivity index (χ1n) is 3.15. The fourth-order valence-electron chi connectivity index (χ4n) is 1.20. The van der Waals surface area contributed by atoms with Crippen LogP contribution in [0.3, 0.4) is 0 Å². The predicted octanol–water partition coefficient (Wildman–Crippen LogP) is 0.990. The molecule has 0 aromatic heterocycles. The van der Waals surface area contributed by atoms with Crippen LogP contribution in [0.1, 0.15) is 6.42 Å². The Morgan fingerprint density at radius 2 is 2.40 bits per heavy atom. The molecule has 0 aromatic carbocycles. The van der Waals surface area contributed by atoms with Crippen LogP contribution >= 0.6 is 22.6 Å². The molecule has 1 fully saturated rings. The maximum Gasteiger partial charge on any atom is 0.209 e. The molecule has 0 aliphatic carbocycles. The van der Waals surface area contributed by atoms with Crippen LogP contribution in [0.5, 0.6) is 0 Å². The zero-order valence-corrected chi connectivity index (χ0v) is 7.84. The van der Waals surface area contributed by atoms with Gasteiger partial charge in [-0.2, -0.15) is 0 Å². The molecule has 0 N–H and O–H groups in total. The first-order chi connectivity index (χ1) is 4.61. The van der Waals surface area contributed by atoms with E-state index < -0.39 is 6.17 Å².